The van der Waals surface area contributed by atoms with Crippen molar-refractivity contribution in [1.82, 2.24) is 9.88 Å². The summed E-state index contributed by atoms with van der Waals surface area (Å²) in [4.78, 5) is 31.3. The van der Waals surface area contributed by atoms with Crippen molar-refractivity contribution < 1.29 is 14.3 Å². The molecule has 24 heavy (non-hydrogen) atoms. The summed E-state index contributed by atoms with van der Waals surface area (Å²) in [6.45, 7) is 0.459. The van der Waals surface area contributed by atoms with E-state index in [0.717, 1.165) is 22.7 Å². The number of carbonyl (C=O) groups is 2. The van der Waals surface area contributed by atoms with Crippen molar-refractivity contribution in [2.45, 2.75) is 30.3 Å². The molecule has 126 valence electrons. The minimum atomic E-state index is -0.443. The van der Waals surface area contributed by atoms with E-state index in [-0.39, 0.29) is 5.91 Å². The minimum Gasteiger partial charge on any atom is -0.464 e. The molecule has 1 saturated carbocycles. The van der Waals surface area contributed by atoms with Crippen LogP contribution in [0.4, 0.5) is 0 Å². The summed E-state index contributed by atoms with van der Waals surface area (Å²) in [6, 6.07) is 10.2. The molecule has 0 atom stereocenters. The van der Waals surface area contributed by atoms with E-state index in [1.165, 1.54) is 18.4 Å². The number of esters is 1. The van der Waals surface area contributed by atoms with Crippen LogP contribution in [0.3, 0.4) is 0 Å². The van der Waals surface area contributed by atoms with Crippen molar-refractivity contribution in [3.8, 4) is 0 Å². The SMILES string of the molecule is COC(=O)c1csc(CN(C(=O)CSc2ccccc2)C2CC2)n1. The molecule has 7 heteroatoms. The van der Waals surface area contributed by atoms with Gasteiger partial charge in [0.15, 0.2) is 5.69 Å². The molecule has 1 heterocycles. The lowest BCUT2D eigenvalue weighted by Crippen LogP contribution is -2.34. The summed E-state index contributed by atoms with van der Waals surface area (Å²) in [6.07, 6.45) is 2.08. The number of hydrogen-bond donors (Lipinski definition) is 0. The summed E-state index contributed by atoms with van der Waals surface area (Å²) in [5, 5.41) is 2.44. The van der Waals surface area contributed by atoms with Crippen LogP contribution in [0.5, 0.6) is 0 Å². The van der Waals surface area contributed by atoms with Gasteiger partial charge in [-0.25, -0.2) is 9.78 Å². The first-order chi connectivity index (χ1) is 11.7. The second-order valence-corrected chi connectivity index (χ2v) is 7.46. The van der Waals surface area contributed by atoms with Gasteiger partial charge in [0.2, 0.25) is 5.91 Å². The van der Waals surface area contributed by atoms with Crippen LogP contribution in [0, 0.1) is 0 Å². The third-order valence-electron chi connectivity index (χ3n) is 3.67. The standard InChI is InChI=1S/C17H18N2O3S2/c1-22-17(21)14-10-24-15(18-14)9-19(12-7-8-12)16(20)11-23-13-5-3-2-4-6-13/h2-6,10,12H,7-9,11H2,1H3. The predicted molar refractivity (Wildman–Crippen MR) is 94.2 cm³/mol. The van der Waals surface area contributed by atoms with Crippen LogP contribution in [0.15, 0.2) is 40.6 Å². The number of ether oxygens (including phenoxy) is 1. The van der Waals surface area contributed by atoms with Gasteiger partial charge in [-0.3, -0.25) is 4.79 Å². The summed E-state index contributed by atoms with van der Waals surface area (Å²) >= 11 is 2.93. The van der Waals surface area contributed by atoms with Gasteiger partial charge in [0.25, 0.3) is 0 Å². The lowest BCUT2D eigenvalue weighted by molar-refractivity contribution is -0.129. The number of methoxy groups -OCH3 is 1. The molecule has 0 unspecified atom stereocenters. The second kappa shape index (κ2) is 7.81. The topological polar surface area (TPSA) is 59.5 Å². The van der Waals surface area contributed by atoms with E-state index in [4.69, 9.17) is 0 Å². The first kappa shape index (κ1) is 17.0. The fourth-order valence-corrected chi connectivity index (χ4v) is 3.85. The molecule has 1 aliphatic rings. The van der Waals surface area contributed by atoms with Gasteiger partial charge in [0, 0.05) is 16.3 Å². The monoisotopic (exact) mass is 362 g/mol. The first-order valence-electron chi connectivity index (χ1n) is 7.67. The van der Waals surface area contributed by atoms with Crippen molar-refractivity contribution in [3.05, 3.63) is 46.4 Å². The molecular formula is C17H18N2O3S2. The highest BCUT2D eigenvalue weighted by Crippen LogP contribution is 2.30. The zero-order chi connectivity index (χ0) is 16.9. The molecular weight excluding hydrogens is 344 g/mol. The van der Waals surface area contributed by atoms with Crippen molar-refractivity contribution in [1.29, 1.82) is 0 Å². The number of nitrogens with zero attached hydrogens (tertiary/aromatic N) is 2. The highest BCUT2D eigenvalue weighted by molar-refractivity contribution is 8.00. The lowest BCUT2D eigenvalue weighted by Gasteiger charge is -2.21. The highest BCUT2D eigenvalue weighted by Gasteiger charge is 2.33. The van der Waals surface area contributed by atoms with Gasteiger partial charge >= 0.3 is 5.97 Å². The van der Waals surface area contributed by atoms with Crippen molar-refractivity contribution in [3.63, 3.8) is 0 Å². The van der Waals surface area contributed by atoms with Gasteiger partial charge in [0.1, 0.15) is 5.01 Å². The molecule has 2 aromatic rings. The Bertz CT molecular complexity index is 714. The maximum atomic E-state index is 12.6. The van der Waals surface area contributed by atoms with Crippen molar-refractivity contribution >= 4 is 35.0 Å². The molecule has 0 aliphatic heterocycles. The van der Waals surface area contributed by atoms with Crippen LogP contribution >= 0.6 is 23.1 Å². The van der Waals surface area contributed by atoms with Gasteiger partial charge in [-0.1, -0.05) is 18.2 Å². The maximum absolute atomic E-state index is 12.6. The van der Waals surface area contributed by atoms with Gasteiger partial charge in [-0.2, -0.15) is 0 Å². The zero-order valence-electron chi connectivity index (χ0n) is 13.3. The number of thioether (sulfide) groups is 1. The maximum Gasteiger partial charge on any atom is 0.357 e. The third-order valence-corrected chi connectivity index (χ3v) is 5.50. The number of rotatable bonds is 7. The molecule has 0 spiro atoms. The van der Waals surface area contributed by atoms with Crippen LogP contribution in [0.1, 0.15) is 28.3 Å². The minimum absolute atomic E-state index is 0.112. The van der Waals surface area contributed by atoms with Crippen molar-refractivity contribution in [2.75, 3.05) is 12.9 Å². The van der Waals surface area contributed by atoms with Gasteiger partial charge in [0.05, 0.1) is 19.4 Å². The normalized spacial score (nSPS) is 13.5. The quantitative estimate of drug-likeness (QED) is 0.559. The number of amides is 1. The van der Waals surface area contributed by atoms with Crippen LogP contribution in [-0.4, -0.2) is 40.7 Å². The van der Waals surface area contributed by atoms with Crippen LogP contribution in [-0.2, 0) is 16.1 Å². The molecule has 3 rings (SSSR count). The Morgan fingerprint density at radius 1 is 1.33 bits per heavy atom. The molecule has 0 bridgehead atoms. The van der Waals surface area contributed by atoms with E-state index in [1.54, 1.807) is 17.1 Å². The Morgan fingerprint density at radius 3 is 2.75 bits per heavy atom. The summed E-state index contributed by atoms with van der Waals surface area (Å²) < 4.78 is 4.67. The molecule has 0 saturated heterocycles. The molecule has 5 nitrogen and oxygen atoms in total. The van der Waals surface area contributed by atoms with E-state index >= 15 is 0 Å². The van der Waals surface area contributed by atoms with Gasteiger partial charge < -0.3 is 9.64 Å². The van der Waals surface area contributed by atoms with Crippen LogP contribution in [0.25, 0.3) is 0 Å². The number of benzene rings is 1. The lowest BCUT2D eigenvalue weighted by atomic mass is 10.4. The van der Waals surface area contributed by atoms with Crippen LogP contribution < -0.4 is 0 Å². The Hall–Kier alpha value is -1.86. The van der Waals surface area contributed by atoms with Gasteiger partial charge in [-0.15, -0.1) is 23.1 Å². The molecule has 1 fully saturated rings. The molecule has 0 radical (unpaired) electrons. The molecule has 1 aromatic heterocycles. The zero-order valence-corrected chi connectivity index (χ0v) is 14.9. The van der Waals surface area contributed by atoms with Crippen LogP contribution in [0.2, 0.25) is 0 Å². The average molecular weight is 362 g/mol. The Labute approximate surface area is 149 Å². The molecule has 0 N–H and O–H groups in total. The first-order valence-corrected chi connectivity index (χ1v) is 9.54. The Morgan fingerprint density at radius 2 is 2.08 bits per heavy atom. The van der Waals surface area contributed by atoms with Crippen molar-refractivity contribution in [2.24, 2.45) is 0 Å². The van der Waals surface area contributed by atoms with E-state index in [1.807, 2.05) is 35.2 Å². The third kappa shape index (κ3) is 4.36. The van der Waals surface area contributed by atoms with Gasteiger partial charge in [-0.05, 0) is 25.0 Å². The fraction of sp³-hybridized carbons (Fsp3) is 0.353. The number of aromatic nitrogens is 1. The predicted octanol–water partition coefficient (Wildman–Crippen LogP) is 3.21. The van der Waals surface area contributed by atoms with E-state index in [9.17, 15) is 9.59 Å². The molecule has 1 amide bonds. The fourth-order valence-electron chi connectivity index (χ4n) is 2.28. The van der Waals surface area contributed by atoms with E-state index in [0.29, 0.717) is 24.0 Å². The highest BCUT2D eigenvalue weighted by atomic mass is 32.2. The smallest absolute Gasteiger partial charge is 0.357 e. The van der Waals surface area contributed by atoms with E-state index < -0.39 is 5.97 Å². The average Bonchev–Trinajstić information content (AvgIpc) is 3.35. The van der Waals surface area contributed by atoms with E-state index in [2.05, 4.69) is 9.72 Å². The molecule has 1 aliphatic carbocycles. The Kier molecular flexibility index (Phi) is 5.52. The summed E-state index contributed by atoms with van der Waals surface area (Å²) in [5.41, 5.74) is 0.305. The second-order valence-electron chi connectivity index (χ2n) is 5.47. The summed E-state index contributed by atoms with van der Waals surface area (Å²) in [7, 11) is 1.34. The molecule has 1 aromatic carbocycles. The largest absolute Gasteiger partial charge is 0.464 e. The number of carbonyl (C=O) groups excluding carboxylic acids is 2. The number of thiazole rings is 1. The Balaban J connectivity index is 1.61. The number of hydrogen-bond acceptors (Lipinski definition) is 6. The summed E-state index contributed by atoms with van der Waals surface area (Å²) in [5.74, 6) is 0.0815.